The number of fused-ring (bicyclic) bond motifs is 1. The molecule has 0 fully saturated rings. The first-order chi connectivity index (χ1) is 12.7. The van der Waals surface area contributed by atoms with Crippen molar-refractivity contribution >= 4 is 18.2 Å². The Balaban J connectivity index is 0.000000141. The second kappa shape index (κ2) is 10.7. The molecule has 0 amide bonds. The summed E-state index contributed by atoms with van der Waals surface area (Å²) in [4.78, 5) is 0. The van der Waals surface area contributed by atoms with Gasteiger partial charge in [0.15, 0.2) is 0 Å². The van der Waals surface area contributed by atoms with Gasteiger partial charge in [-0.3, -0.25) is 0 Å². The molecule has 0 saturated carbocycles. The van der Waals surface area contributed by atoms with E-state index in [9.17, 15) is 0 Å². The summed E-state index contributed by atoms with van der Waals surface area (Å²) < 4.78 is 0. The van der Waals surface area contributed by atoms with E-state index in [1.807, 2.05) is 54.6 Å². The lowest BCUT2D eigenvalue weighted by atomic mass is 10.1. The molecule has 0 aromatic heterocycles. The summed E-state index contributed by atoms with van der Waals surface area (Å²) >= 11 is 0. The Morgan fingerprint density at radius 3 is 1.96 bits per heavy atom. The second-order valence-electron chi connectivity index (χ2n) is 5.98. The van der Waals surface area contributed by atoms with Gasteiger partial charge in [0.25, 0.3) is 0 Å². The van der Waals surface area contributed by atoms with Crippen LogP contribution >= 0.6 is 0 Å². The summed E-state index contributed by atoms with van der Waals surface area (Å²) in [5.74, 6) is 0. The maximum Gasteiger partial charge on any atom is -0.00882 e. The number of benzene rings is 3. The summed E-state index contributed by atoms with van der Waals surface area (Å²) in [6, 6.07) is 26.7. The van der Waals surface area contributed by atoms with Gasteiger partial charge in [0.05, 0.1) is 0 Å². The van der Waals surface area contributed by atoms with Crippen LogP contribution < -0.4 is 0 Å². The molecule has 3 aromatic carbocycles. The van der Waals surface area contributed by atoms with E-state index in [-0.39, 0.29) is 0 Å². The minimum Gasteiger partial charge on any atom is -0.0985 e. The van der Waals surface area contributed by atoms with Gasteiger partial charge in [0.1, 0.15) is 0 Å². The van der Waals surface area contributed by atoms with E-state index >= 15 is 0 Å². The molecule has 0 saturated heterocycles. The Morgan fingerprint density at radius 1 is 0.731 bits per heavy atom. The number of hydrogen-bond acceptors (Lipinski definition) is 0. The van der Waals surface area contributed by atoms with Crippen molar-refractivity contribution < 1.29 is 0 Å². The van der Waals surface area contributed by atoms with E-state index in [1.165, 1.54) is 27.8 Å². The fourth-order valence-corrected chi connectivity index (χ4v) is 2.60. The van der Waals surface area contributed by atoms with Gasteiger partial charge in [0, 0.05) is 0 Å². The first kappa shape index (κ1) is 19.2. The standard InChI is InChI=1S/C9H8.C9H10.C8H8/c1-2-5-9-7-3-6-8(9)4-1;1-3-9-7-5-4-6-8(9)2;1-2-8-6-4-3-5-7-8/h1-6H,7H2;3-7H,1H2,2H3;2-7H,1H2. The van der Waals surface area contributed by atoms with Crippen LogP contribution in [0.2, 0.25) is 0 Å². The maximum atomic E-state index is 3.69. The molecule has 1 aliphatic rings. The normalized spacial score (nSPS) is 10.5. The SMILES string of the molecule is C1=Cc2ccccc2C1.C=Cc1ccccc1.C=Cc1ccccc1C. The molecule has 0 spiro atoms. The molecule has 3 aromatic rings. The third kappa shape index (κ3) is 6.07. The van der Waals surface area contributed by atoms with Crippen LogP contribution in [0.25, 0.3) is 18.2 Å². The fraction of sp³-hybridized carbons (Fsp3) is 0.0769. The lowest BCUT2D eigenvalue weighted by Crippen LogP contribution is -1.76. The van der Waals surface area contributed by atoms with Crippen molar-refractivity contribution in [2.24, 2.45) is 0 Å². The number of hydrogen-bond donors (Lipinski definition) is 0. The molecular weight excluding hydrogens is 312 g/mol. The van der Waals surface area contributed by atoms with Gasteiger partial charge in [-0.15, -0.1) is 0 Å². The Labute approximate surface area is 157 Å². The van der Waals surface area contributed by atoms with Crippen molar-refractivity contribution in [3.8, 4) is 0 Å². The molecule has 0 atom stereocenters. The van der Waals surface area contributed by atoms with E-state index in [2.05, 4.69) is 68.6 Å². The van der Waals surface area contributed by atoms with E-state index in [0.29, 0.717) is 0 Å². The first-order valence-electron chi connectivity index (χ1n) is 8.84. The van der Waals surface area contributed by atoms with Gasteiger partial charge in [-0.25, -0.2) is 0 Å². The van der Waals surface area contributed by atoms with E-state index < -0.39 is 0 Å². The van der Waals surface area contributed by atoms with E-state index in [4.69, 9.17) is 0 Å². The summed E-state index contributed by atoms with van der Waals surface area (Å²) in [5, 5.41) is 0. The van der Waals surface area contributed by atoms with E-state index in [1.54, 1.807) is 0 Å². The Hall–Kier alpha value is -3.12. The topological polar surface area (TPSA) is 0 Å². The highest BCUT2D eigenvalue weighted by molar-refractivity contribution is 5.59. The minimum absolute atomic E-state index is 1.12. The zero-order valence-corrected chi connectivity index (χ0v) is 15.4. The van der Waals surface area contributed by atoms with Crippen LogP contribution in [0.1, 0.15) is 27.8 Å². The first-order valence-corrected chi connectivity index (χ1v) is 8.84. The van der Waals surface area contributed by atoms with Gasteiger partial charge < -0.3 is 0 Å². The summed E-state index contributed by atoms with van der Waals surface area (Å²) in [5.41, 5.74) is 6.52. The van der Waals surface area contributed by atoms with Gasteiger partial charge in [-0.2, -0.15) is 0 Å². The van der Waals surface area contributed by atoms with Crippen LogP contribution in [0, 0.1) is 6.92 Å². The largest absolute Gasteiger partial charge is 0.0985 e. The molecule has 0 unspecified atom stereocenters. The van der Waals surface area contributed by atoms with Crippen LogP contribution in [0.15, 0.2) is 98.1 Å². The lowest BCUT2D eigenvalue weighted by Gasteiger charge is -1.95. The monoisotopic (exact) mass is 338 g/mol. The number of aryl methyl sites for hydroxylation is 1. The molecule has 0 aliphatic heterocycles. The minimum atomic E-state index is 1.12. The molecule has 0 nitrogen and oxygen atoms in total. The molecule has 0 heteroatoms. The van der Waals surface area contributed by atoms with Crippen LogP contribution in [0.4, 0.5) is 0 Å². The predicted molar refractivity (Wildman–Crippen MR) is 117 cm³/mol. The molecule has 130 valence electrons. The molecule has 1 aliphatic carbocycles. The van der Waals surface area contributed by atoms with Gasteiger partial charge in [-0.1, -0.05) is 116 Å². The molecule has 26 heavy (non-hydrogen) atoms. The van der Waals surface area contributed by atoms with Gasteiger partial charge >= 0.3 is 0 Å². The van der Waals surface area contributed by atoms with Crippen molar-refractivity contribution in [1.29, 1.82) is 0 Å². The summed E-state index contributed by atoms with van der Waals surface area (Å²) in [7, 11) is 0. The van der Waals surface area contributed by atoms with Gasteiger partial charge in [-0.05, 0) is 41.2 Å². The zero-order chi connectivity index (χ0) is 18.6. The number of rotatable bonds is 2. The average Bonchev–Trinajstić information content (AvgIpc) is 3.19. The quantitative estimate of drug-likeness (QED) is 0.462. The number of allylic oxidation sites excluding steroid dienone is 1. The Kier molecular flexibility index (Phi) is 7.89. The highest BCUT2D eigenvalue weighted by Crippen LogP contribution is 2.17. The van der Waals surface area contributed by atoms with Gasteiger partial charge in [0.2, 0.25) is 0 Å². The molecule has 0 radical (unpaired) electrons. The highest BCUT2D eigenvalue weighted by atomic mass is 14.0. The molecule has 4 rings (SSSR count). The lowest BCUT2D eigenvalue weighted by molar-refractivity contribution is 1.31. The van der Waals surface area contributed by atoms with Crippen LogP contribution in [0.5, 0.6) is 0 Å². The summed E-state index contributed by atoms with van der Waals surface area (Å²) in [6.07, 6.45) is 9.20. The van der Waals surface area contributed by atoms with Crippen LogP contribution in [0.3, 0.4) is 0 Å². The van der Waals surface area contributed by atoms with Crippen molar-refractivity contribution in [2.45, 2.75) is 13.3 Å². The molecule has 0 bridgehead atoms. The highest BCUT2D eigenvalue weighted by Gasteiger charge is 2.00. The van der Waals surface area contributed by atoms with Crippen molar-refractivity contribution in [1.82, 2.24) is 0 Å². The molecular formula is C26H26. The molecule has 0 N–H and O–H groups in total. The van der Waals surface area contributed by atoms with Crippen LogP contribution in [-0.2, 0) is 6.42 Å². The smallest absolute Gasteiger partial charge is 0.00882 e. The van der Waals surface area contributed by atoms with Crippen molar-refractivity contribution in [2.75, 3.05) is 0 Å². The van der Waals surface area contributed by atoms with E-state index in [0.717, 1.165) is 6.42 Å². The maximum absolute atomic E-state index is 3.69. The predicted octanol–water partition coefficient (Wildman–Crippen LogP) is 7.22. The second-order valence-corrected chi connectivity index (χ2v) is 5.98. The van der Waals surface area contributed by atoms with Crippen molar-refractivity contribution in [3.63, 3.8) is 0 Å². The Bertz CT molecular complexity index is 848. The summed E-state index contributed by atoms with van der Waals surface area (Å²) in [6.45, 7) is 9.40. The third-order valence-electron chi connectivity index (χ3n) is 4.13. The zero-order valence-electron chi connectivity index (χ0n) is 15.4. The van der Waals surface area contributed by atoms with Crippen molar-refractivity contribution in [3.05, 3.63) is 126 Å². The fourth-order valence-electron chi connectivity index (χ4n) is 2.60. The Morgan fingerprint density at radius 2 is 1.38 bits per heavy atom. The molecule has 0 heterocycles. The van der Waals surface area contributed by atoms with Crippen LogP contribution in [-0.4, -0.2) is 0 Å². The average molecular weight is 338 g/mol. The third-order valence-corrected chi connectivity index (χ3v) is 4.13.